The Hall–Kier alpha value is -1.79. The third kappa shape index (κ3) is 4.48. The minimum Gasteiger partial charge on any atom is -0.492 e. The smallest absolute Gasteiger partial charge is 0.226 e. The Morgan fingerprint density at radius 1 is 1.23 bits per heavy atom. The van der Waals surface area contributed by atoms with E-state index < -0.39 is 0 Å². The molecule has 0 aromatic heterocycles. The first kappa shape index (κ1) is 19.0. The molecule has 0 bridgehead atoms. The van der Waals surface area contributed by atoms with E-state index in [-0.39, 0.29) is 17.9 Å². The largest absolute Gasteiger partial charge is 0.492 e. The number of hydrazine groups is 1. The molecule has 1 saturated heterocycles. The Kier molecular flexibility index (Phi) is 6.38. The maximum Gasteiger partial charge on any atom is 0.226 e. The van der Waals surface area contributed by atoms with Gasteiger partial charge in [0.25, 0.3) is 0 Å². The minimum atomic E-state index is -0.240. The average molecular weight is 394 g/mol. The molecule has 5 nitrogen and oxygen atoms in total. The second-order valence-corrected chi connectivity index (χ2v) is 6.92. The predicted molar refractivity (Wildman–Crippen MR) is 103 cm³/mol. The lowest BCUT2D eigenvalue weighted by molar-refractivity contribution is -0.125. The summed E-state index contributed by atoms with van der Waals surface area (Å²) in [6.45, 7) is 3.47. The first-order chi connectivity index (χ1) is 12.6. The molecule has 2 aromatic rings. The first-order valence-corrected chi connectivity index (χ1v) is 9.27. The zero-order valence-electron chi connectivity index (χ0n) is 14.4. The van der Waals surface area contributed by atoms with E-state index in [4.69, 9.17) is 27.9 Å². The van der Waals surface area contributed by atoms with Gasteiger partial charge in [0.05, 0.1) is 23.6 Å². The molecule has 1 amide bonds. The summed E-state index contributed by atoms with van der Waals surface area (Å²) < 4.78 is 5.47. The van der Waals surface area contributed by atoms with Crippen molar-refractivity contribution in [1.29, 1.82) is 0 Å². The molecule has 2 unspecified atom stereocenters. The number of ether oxygens (including phenoxy) is 1. The SMILES string of the molecule is CCOc1ccc(C2NNCC2C(=O)NCc2ccc(Cl)cc2)cc1Cl. The zero-order valence-corrected chi connectivity index (χ0v) is 15.9. The van der Waals surface area contributed by atoms with Crippen LogP contribution in [-0.4, -0.2) is 19.1 Å². The lowest BCUT2D eigenvalue weighted by atomic mass is 9.94. The van der Waals surface area contributed by atoms with Crippen LogP contribution in [0.15, 0.2) is 42.5 Å². The summed E-state index contributed by atoms with van der Waals surface area (Å²) in [6, 6.07) is 12.9. The van der Waals surface area contributed by atoms with Gasteiger partial charge >= 0.3 is 0 Å². The van der Waals surface area contributed by atoms with Crippen molar-refractivity contribution >= 4 is 29.1 Å². The average Bonchev–Trinajstić information content (AvgIpc) is 3.13. The molecule has 0 aliphatic carbocycles. The standard InChI is InChI=1S/C19H21Cl2N3O2/c1-2-26-17-8-5-13(9-16(17)21)18-15(11-23-24-18)19(25)22-10-12-3-6-14(20)7-4-12/h3-9,15,18,23-24H,2,10-11H2,1H3,(H,22,25). The van der Waals surface area contributed by atoms with Gasteiger partial charge in [-0.2, -0.15) is 0 Å². The van der Waals surface area contributed by atoms with Crippen LogP contribution in [0.3, 0.4) is 0 Å². The zero-order chi connectivity index (χ0) is 18.5. The van der Waals surface area contributed by atoms with Crippen LogP contribution in [0.1, 0.15) is 24.1 Å². The number of carbonyl (C=O) groups is 1. The highest BCUT2D eigenvalue weighted by Gasteiger charge is 2.34. The van der Waals surface area contributed by atoms with Crippen LogP contribution in [0.5, 0.6) is 5.75 Å². The first-order valence-electron chi connectivity index (χ1n) is 8.51. The molecule has 138 valence electrons. The number of hydrogen-bond donors (Lipinski definition) is 3. The Balaban J connectivity index is 1.66. The van der Waals surface area contributed by atoms with E-state index >= 15 is 0 Å². The Morgan fingerprint density at radius 2 is 2.00 bits per heavy atom. The van der Waals surface area contributed by atoms with Gasteiger partial charge in [0.2, 0.25) is 5.91 Å². The molecule has 3 N–H and O–H groups in total. The van der Waals surface area contributed by atoms with Gasteiger partial charge in [-0.1, -0.05) is 41.4 Å². The van der Waals surface area contributed by atoms with E-state index in [1.165, 1.54) is 0 Å². The van der Waals surface area contributed by atoms with E-state index in [9.17, 15) is 4.79 Å². The van der Waals surface area contributed by atoms with Crippen molar-refractivity contribution in [2.45, 2.75) is 19.5 Å². The molecule has 2 atom stereocenters. The minimum absolute atomic E-state index is 0.0209. The van der Waals surface area contributed by atoms with E-state index in [1.807, 2.05) is 49.4 Å². The van der Waals surface area contributed by atoms with Gasteiger partial charge in [0.1, 0.15) is 5.75 Å². The Morgan fingerprint density at radius 3 is 2.69 bits per heavy atom. The lowest BCUT2D eigenvalue weighted by Crippen LogP contribution is -2.34. The van der Waals surface area contributed by atoms with Crippen LogP contribution in [0.4, 0.5) is 0 Å². The van der Waals surface area contributed by atoms with E-state index in [0.717, 1.165) is 11.1 Å². The van der Waals surface area contributed by atoms with Crippen LogP contribution in [-0.2, 0) is 11.3 Å². The van der Waals surface area contributed by atoms with E-state index in [2.05, 4.69) is 16.2 Å². The molecule has 1 fully saturated rings. The van der Waals surface area contributed by atoms with Crippen molar-refractivity contribution in [3.8, 4) is 5.75 Å². The summed E-state index contributed by atoms with van der Waals surface area (Å²) in [6.07, 6.45) is 0. The van der Waals surface area contributed by atoms with Crippen LogP contribution in [0, 0.1) is 5.92 Å². The number of rotatable bonds is 6. The van der Waals surface area contributed by atoms with Crippen LogP contribution in [0.2, 0.25) is 10.0 Å². The topological polar surface area (TPSA) is 62.4 Å². The lowest BCUT2D eigenvalue weighted by Gasteiger charge is -2.19. The van der Waals surface area contributed by atoms with E-state index in [1.54, 1.807) is 0 Å². The summed E-state index contributed by atoms with van der Waals surface area (Å²) in [5.74, 6) is 0.386. The summed E-state index contributed by atoms with van der Waals surface area (Å²) in [4.78, 5) is 12.6. The van der Waals surface area contributed by atoms with Gasteiger partial charge in [0, 0.05) is 18.1 Å². The van der Waals surface area contributed by atoms with Gasteiger partial charge in [-0.05, 0) is 42.3 Å². The van der Waals surface area contributed by atoms with Crippen LogP contribution < -0.4 is 20.9 Å². The maximum absolute atomic E-state index is 12.6. The molecular weight excluding hydrogens is 373 g/mol. The Bertz CT molecular complexity index is 768. The number of amides is 1. The van der Waals surface area contributed by atoms with Gasteiger partial charge in [-0.25, -0.2) is 5.43 Å². The number of nitrogens with one attached hydrogen (secondary N) is 3. The molecule has 0 radical (unpaired) electrons. The highest BCUT2D eigenvalue weighted by molar-refractivity contribution is 6.32. The maximum atomic E-state index is 12.6. The molecule has 1 heterocycles. The van der Waals surface area contributed by atoms with Gasteiger partial charge < -0.3 is 10.1 Å². The van der Waals surface area contributed by atoms with Crippen molar-refractivity contribution in [3.05, 3.63) is 63.6 Å². The molecule has 3 rings (SSSR count). The van der Waals surface area contributed by atoms with Crippen molar-refractivity contribution in [3.63, 3.8) is 0 Å². The second-order valence-electron chi connectivity index (χ2n) is 6.08. The quantitative estimate of drug-likeness (QED) is 0.702. The summed E-state index contributed by atoms with van der Waals surface area (Å²) in [5.41, 5.74) is 8.17. The molecule has 26 heavy (non-hydrogen) atoms. The molecule has 1 aliphatic rings. The summed E-state index contributed by atoms with van der Waals surface area (Å²) >= 11 is 12.2. The molecule has 0 saturated carbocycles. The third-order valence-corrected chi connectivity index (χ3v) is 4.86. The molecule has 0 spiro atoms. The van der Waals surface area contributed by atoms with Crippen LogP contribution in [0.25, 0.3) is 0 Å². The third-order valence-electron chi connectivity index (χ3n) is 4.31. The highest BCUT2D eigenvalue weighted by atomic mass is 35.5. The van der Waals surface area contributed by atoms with Crippen molar-refractivity contribution < 1.29 is 9.53 Å². The summed E-state index contributed by atoms with van der Waals surface area (Å²) in [5, 5.41) is 4.20. The second kappa shape index (κ2) is 8.73. The van der Waals surface area contributed by atoms with Gasteiger partial charge in [-0.15, -0.1) is 0 Å². The number of benzene rings is 2. The number of hydrogen-bond acceptors (Lipinski definition) is 4. The van der Waals surface area contributed by atoms with Crippen molar-refractivity contribution in [1.82, 2.24) is 16.2 Å². The monoisotopic (exact) mass is 393 g/mol. The number of carbonyl (C=O) groups excluding carboxylic acids is 1. The normalized spacial score (nSPS) is 19.3. The number of halogens is 2. The van der Waals surface area contributed by atoms with Crippen molar-refractivity contribution in [2.24, 2.45) is 5.92 Å². The van der Waals surface area contributed by atoms with E-state index in [0.29, 0.717) is 35.5 Å². The fraction of sp³-hybridized carbons (Fsp3) is 0.316. The highest BCUT2D eigenvalue weighted by Crippen LogP contribution is 2.32. The fourth-order valence-electron chi connectivity index (χ4n) is 2.96. The predicted octanol–water partition coefficient (Wildman–Crippen LogP) is 3.47. The summed E-state index contributed by atoms with van der Waals surface area (Å²) in [7, 11) is 0. The molecule has 1 aliphatic heterocycles. The molecule has 2 aromatic carbocycles. The molecule has 7 heteroatoms. The van der Waals surface area contributed by atoms with Gasteiger partial charge in [-0.3, -0.25) is 10.2 Å². The fourth-order valence-corrected chi connectivity index (χ4v) is 3.33. The van der Waals surface area contributed by atoms with Crippen LogP contribution >= 0.6 is 23.2 Å². The van der Waals surface area contributed by atoms with Crippen molar-refractivity contribution in [2.75, 3.05) is 13.2 Å². The molecular formula is C19H21Cl2N3O2. The van der Waals surface area contributed by atoms with Gasteiger partial charge in [0.15, 0.2) is 0 Å². The Labute approximate surface area is 163 Å².